The first-order valence-corrected chi connectivity index (χ1v) is 7.35. The fourth-order valence-electron chi connectivity index (χ4n) is 3.20. The summed E-state index contributed by atoms with van der Waals surface area (Å²) in [6.45, 7) is 2.26. The van der Waals surface area contributed by atoms with E-state index in [1.54, 1.807) is 6.07 Å². The molecule has 1 aromatic heterocycles. The number of nitrogens with one attached hydrogen (secondary N) is 1. The average Bonchev–Trinajstić information content (AvgIpc) is 2.90. The lowest BCUT2D eigenvalue weighted by Crippen LogP contribution is -2.38. The van der Waals surface area contributed by atoms with E-state index in [9.17, 15) is 5.11 Å². The largest absolute Gasteiger partial charge is 0.507 e. The molecular formula is C14H14BrN3O. The zero-order valence-corrected chi connectivity index (χ0v) is 11.9. The Balaban J connectivity index is 1.87. The number of phenolic OH excluding ortho intramolecular Hbond substituents is 1. The van der Waals surface area contributed by atoms with Crippen molar-refractivity contribution in [3.05, 3.63) is 28.4 Å². The van der Waals surface area contributed by atoms with Crippen LogP contribution in [0.25, 0.3) is 11.3 Å². The van der Waals surface area contributed by atoms with Crippen LogP contribution in [-0.4, -0.2) is 28.4 Å². The normalized spacial score (nSPS) is 17.8. The van der Waals surface area contributed by atoms with Crippen LogP contribution < -0.4 is 4.90 Å². The van der Waals surface area contributed by atoms with Crippen molar-refractivity contribution in [1.29, 1.82) is 0 Å². The van der Waals surface area contributed by atoms with Crippen molar-refractivity contribution in [2.45, 2.75) is 18.8 Å². The Kier molecular flexibility index (Phi) is 2.39. The van der Waals surface area contributed by atoms with Crippen LogP contribution in [0.15, 0.2) is 22.7 Å². The SMILES string of the molecule is Oc1ccc(-c2n[nH]c3c2N2CCC3CC2)cc1Br. The number of piperidine rings is 1. The van der Waals surface area contributed by atoms with E-state index in [1.165, 1.54) is 24.2 Å². The molecule has 3 aliphatic rings. The molecule has 1 saturated heterocycles. The maximum absolute atomic E-state index is 9.60. The van der Waals surface area contributed by atoms with Crippen molar-refractivity contribution in [3.8, 4) is 17.0 Å². The summed E-state index contributed by atoms with van der Waals surface area (Å²) in [6, 6.07) is 5.55. The molecule has 4 heterocycles. The van der Waals surface area contributed by atoms with Gasteiger partial charge in [-0.25, -0.2) is 0 Å². The van der Waals surface area contributed by atoms with Gasteiger partial charge in [0.05, 0.1) is 15.9 Å². The predicted octanol–water partition coefficient (Wildman–Crippen LogP) is 3.24. The first-order valence-electron chi connectivity index (χ1n) is 6.56. The number of aromatic hydroxyl groups is 1. The van der Waals surface area contributed by atoms with Crippen LogP contribution in [0.4, 0.5) is 5.69 Å². The predicted molar refractivity (Wildman–Crippen MR) is 77.6 cm³/mol. The van der Waals surface area contributed by atoms with Crippen LogP contribution in [0, 0.1) is 0 Å². The molecule has 2 aromatic rings. The highest BCUT2D eigenvalue weighted by Crippen LogP contribution is 2.46. The van der Waals surface area contributed by atoms with Crippen LogP contribution in [0.5, 0.6) is 5.75 Å². The van der Waals surface area contributed by atoms with Gasteiger partial charge < -0.3 is 10.0 Å². The van der Waals surface area contributed by atoms with Crippen LogP contribution >= 0.6 is 15.9 Å². The van der Waals surface area contributed by atoms with E-state index < -0.39 is 0 Å². The number of nitrogens with zero attached hydrogens (tertiary/aromatic N) is 2. The van der Waals surface area contributed by atoms with Crippen molar-refractivity contribution < 1.29 is 5.11 Å². The maximum atomic E-state index is 9.60. The van der Waals surface area contributed by atoms with Gasteiger partial charge in [0, 0.05) is 24.6 Å². The molecule has 1 aromatic carbocycles. The van der Waals surface area contributed by atoms with Gasteiger partial charge in [0.15, 0.2) is 0 Å². The van der Waals surface area contributed by atoms with Crippen molar-refractivity contribution in [2.24, 2.45) is 0 Å². The van der Waals surface area contributed by atoms with Crippen molar-refractivity contribution in [1.82, 2.24) is 10.2 Å². The van der Waals surface area contributed by atoms with Crippen molar-refractivity contribution in [2.75, 3.05) is 18.0 Å². The maximum Gasteiger partial charge on any atom is 0.129 e. The quantitative estimate of drug-likeness (QED) is 0.848. The summed E-state index contributed by atoms with van der Waals surface area (Å²) < 4.78 is 0.706. The molecule has 0 spiro atoms. The third-order valence-electron chi connectivity index (χ3n) is 4.21. The molecule has 4 nitrogen and oxygen atoms in total. The van der Waals surface area contributed by atoms with Gasteiger partial charge in [-0.1, -0.05) is 0 Å². The lowest BCUT2D eigenvalue weighted by molar-refractivity contribution is 0.466. The zero-order chi connectivity index (χ0) is 13.0. The van der Waals surface area contributed by atoms with E-state index in [0.29, 0.717) is 10.4 Å². The second-order valence-electron chi connectivity index (χ2n) is 5.26. The first-order chi connectivity index (χ1) is 9.24. The molecule has 0 radical (unpaired) electrons. The number of fused-ring (bicyclic) bond motifs is 2. The van der Waals surface area contributed by atoms with E-state index in [-0.39, 0.29) is 5.75 Å². The number of aromatic nitrogens is 2. The van der Waals surface area contributed by atoms with Gasteiger partial charge >= 0.3 is 0 Å². The molecule has 2 N–H and O–H groups in total. The van der Waals surface area contributed by atoms with Crippen LogP contribution in [0.1, 0.15) is 24.5 Å². The molecule has 0 amide bonds. The highest BCUT2D eigenvalue weighted by Gasteiger charge is 2.35. The van der Waals surface area contributed by atoms with Gasteiger partial charge in [-0.15, -0.1) is 0 Å². The Labute approximate surface area is 119 Å². The third kappa shape index (κ3) is 1.61. The molecule has 2 bridgehead atoms. The molecular weight excluding hydrogens is 306 g/mol. The van der Waals surface area contributed by atoms with Crippen LogP contribution in [0.2, 0.25) is 0 Å². The summed E-state index contributed by atoms with van der Waals surface area (Å²) in [4.78, 5) is 2.43. The molecule has 0 aliphatic carbocycles. The Bertz CT molecular complexity index is 644. The Morgan fingerprint density at radius 2 is 2.11 bits per heavy atom. The number of phenols is 1. The minimum absolute atomic E-state index is 0.259. The minimum Gasteiger partial charge on any atom is -0.507 e. The Hall–Kier alpha value is -1.49. The Morgan fingerprint density at radius 1 is 1.32 bits per heavy atom. The number of H-pyrrole nitrogens is 1. The monoisotopic (exact) mass is 319 g/mol. The lowest BCUT2D eigenvalue weighted by atomic mass is 9.86. The number of anilines is 1. The molecule has 98 valence electrons. The molecule has 0 atom stereocenters. The van der Waals surface area contributed by atoms with Crippen molar-refractivity contribution in [3.63, 3.8) is 0 Å². The fraction of sp³-hybridized carbons (Fsp3) is 0.357. The molecule has 0 unspecified atom stereocenters. The van der Waals surface area contributed by atoms with Gasteiger partial charge in [0.1, 0.15) is 11.4 Å². The van der Waals surface area contributed by atoms with E-state index >= 15 is 0 Å². The number of halogens is 1. The van der Waals surface area contributed by atoms with E-state index in [4.69, 9.17) is 0 Å². The highest BCUT2D eigenvalue weighted by molar-refractivity contribution is 9.10. The third-order valence-corrected chi connectivity index (χ3v) is 4.84. The van der Waals surface area contributed by atoms with Crippen molar-refractivity contribution >= 4 is 21.6 Å². The molecule has 3 aliphatic heterocycles. The van der Waals surface area contributed by atoms with Gasteiger partial charge in [-0.3, -0.25) is 5.10 Å². The van der Waals surface area contributed by atoms with E-state index in [1.807, 2.05) is 12.1 Å². The lowest BCUT2D eigenvalue weighted by Gasteiger charge is -2.40. The minimum atomic E-state index is 0.259. The number of hydrogen-bond acceptors (Lipinski definition) is 3. The molecule has 5 rings (SSSR count). The second kappa shape index (κ2) is 4.00. The summed E-state index contributed by atoms with van der Waals surface area (Å²) in [5.41, 5.74) is 4.59. The summed E-state index contributed by atoms with van der Waals surface area (Å²) >= 11 is 3.37. The number of aromatic amines is 1. The number of rotatable bonds is 1. The highest BCUT2D eigenvalue weighted by atomic mass is 79.9. The number of hydrogen-bond donors (Lipinski definition) is 2. The molecule has 0 saturated carbocycles. The summed E-state index contributed by atoms with van der Waals surface area (Å²) in [5.74, 6) is 0.900. The molecule has 1 fully saturated rings. The van der Waals surface area contributed by atoms with Gasteiger partial charge in [-0.2, -0.15) is 5.10 Å². The summed E-state index contributed by atoms with van der Waals surface area (Å²) in [7, 11) is 0. The number of benzene rings is 1. The van der Waals surface area contributed by atoms with Crippen LogP contribution in [-0.2, 0) is 0 Å². The van der Waals surface area contributed by atoms with Gasteiger partial charge in [-0.05, 0) is 47.0 Å². The Morgan fingerprint density at radius 3 is 2.84 bits per heavy atom. The van der Waals surface area contributed by atoms with Gasteiger partial charge in [0.2, 0.25) is 0 Å². The molecule has 19 heavy (non-hydrogen) atoms. The van der Waals surface area contributed by atoms with E-state index in [0.717, 1.165) is 24.3 Å². The van der Waals surface area contributed by atoms with E-state index in [2.05, 4.69) is 31.0 Å². The second-order valence-corrected chi connectivity index (χ2v) is 6.12. The fourth-order valence-corrected chi connectivity index (χ4v) is 3.58. The summed E-state index contributed by atoms with van der Waals surface area (Å²) in [5, 5.41) is 17.3. The first kappa shape index (κ1) is 11.3. The standard InChI is InChI=1S/C14H14BrN3O/c15-10-7-9(1-2-11(10)19)13-14-12(16-17-13)8-3-5-18(14)6-4-8/h1-2,7-8,19H,3-6H2,(H,16,17). The average molecular weight is 320 g/mol. The smallest absolute Gasteiger partial charge is 0.129 e. The zero-order valence-electron chi connectivity index (χ0n) is 10.4. The topological polar surface area (TPSA) is 52.2 Å². The van der Waals surface area contributed by atoms with Crippen LogP contribution in [0.3, 0.4) is 0 Å². The van der Waals surface area contributed by atoms with Gasteiger partial charge in [0.25, 0.3) is 0 Å². The summed E-state index contributed by atoms with van der Waals surface area (Å²) in [6.07, 6.45) is 2.46. The molecule has 5 heteroatoms.